The second-order valence-corrected chi connectivity index (χ2v) is 7.60. The number of methoxy groups -OCH3 is 1. The summed E-state index contributed by atoms with van der Waals surface area (Å²) in [6, 6.07) is 0. The Balaban J connectivity index is 2.56. The Morgan fingerprint density at radius 2 is 1.70 bits per heavy atom. The van der Waals surface area contributed by atoms with Crippen LogP contribution in [0.4, 0.5) is 0 Å². The van der Waals surface area contributed by atoms with Gasteiger partial charge in [-0.3, -0.25) is 19.2 Å². The number of phenols is 1. The zero-order valence-electron chi connectivity index (χ0n) is 17.5. The highest BCUT2D eigenvalue weighted by Gasteiger charge is 2.68. The molecule has 0 bridgehead atoms. The molecular formula is C21H22O9. The summed E-state index contributed by atoms with van der Waals surface area (Å²) in [6.45, 7) is 6.37. The van der Waals surface area contributed by atoms with E-state index in [4.69, 9.17) is 14.2 Å². The molecule has 1 heterocycles. The molecule has 0 fully saturated rings. The van der Waals surface area contributed by atoms with Crippen molar-refractivity contribution in [1.29, 1.82) is 0 Å². The molecule has 1 aromatic carbocycles. The number of aliphatic hydroxyl groups excluding tert-OH is 1. The molecule has 0 radical (unpaired) electrons. The van der Waals surface area contributed by atoms with Gasteiger partial charge in [0.1, 0.15) is 34.0 Å². The standard InChI is InChI=1S/C21H22O9/c1-8-16(26)14(10(3)23)18-15(17(8)29-11(4)24)20(5)19(27)13(9(2)22)12(25)7-21(20,28-6)30-18/h26-27H,7H2,1-6H3/t20-,21+/m1/s1. The Labute approximate surface area is 172 Å². The number of carbonyl (C=O) groups excluding carboxylic acids is 4. The summed E-state index contributed by atoms with van der Waals surface area (Å²) in [6.07, 6.45) is -0.454. The number of ether oxygens (including phenoxy) is 3. The normalized spacial score (nSPS) is 24.8. The number of aliphatic hydroxyl groups is 1. The molecule has 2 N–H and O–H groups in total. The third-order valence-electron chi connectivity index (χ3n) is 5.80. The number of phenolic OH excluding ortho intramolecular Hbond substituents is 1. The number of esters is 1. The number of fused-ring (bicyclic) bond motifs is 3. The number of allylic oxidation sites excluding steroid dienone is 1. The summed E-state index contributed by atoms with van der Waals surface area (Å²) in [7, 11) is 1.25. The monoisotopic (exact) mass is 418 g/mol. The minimum absolute atomic E-state index is 0.0313. The number of benzene rings is 1. The number of aromatic hydroxyl groups is 1. The topological polar surface area (TPSA) is 136 Å². The zero-order chi connectivity index (χ0) is 22.8. The van der Waals surface area contributed by atoms with Gasteiger partial charge in [-0.15, -0.1) is 0 Å². The van der Waals surface area contributed by atoms with Gasteiger partial charge in [0.25, 0.3) is 0 Å². The molecule has 3 rings (SSSR count). The van der Waals surface area contributed by atoms with Crippen molar-refractivity contribution in [3.8, 4) is 17.2 Å². The first-order valence-corrected chi connectivity index (χ1v) is 9.15. The molecule has 0 spiro atoms. The maximum atomic E-state index is 12.7. The van der Waals surface area contributed by atoms with Crippen molar-refractivity contribution < 1.29 is 43.6 Å². The van der Waals surface area contributed by atoms with E-state index in [1.807, 2.05) is 0 Å². The van der Waals surface area contributed by atoms with Crippen LogP contribution in [0.3, 0.4) is 0 Å². The smallest absolute Gasteiger partial charge is 0.308 e. The van der Waals surface area contributed by atoms with Gasteiger partial charge in [0, 0.05) is 19.6 Å². The number of hydrogen-bond donors (Lipinski definition) is 2. The van der Waals surface area contributed by atoms with Crippen LogP contribution in [0.25, 0.3) is 0 Å². The number of hydrogen-bond acceptors (Lipinski definition) is 9. The molecule has 0 amide bonds. The lowest BCUT2D eigenvalue weighted by Gasteiger charge is -2.43. The number of Topliss-reactive ketones (excluding diaryl/α,β-unsaturated/α-hetero) is 3. The van der Waals surface area contributed by atoms with E-state index in [0.717, 1.165) is 13.8 Å². The van der Waals surface area contributed by atoms with Gasteiger partial charge in [-0.1, -0.05) is 0 Å². The van der Waals surface area contributed by atoms with Crippen molar-refractivity contribution >= 4 is 23.3 Å². The van der Waals surface area contributed by atoms with Gasteiger partial charge in [0.05, 0.1) is 17.6 Å². The summed E-state index contributed by atoms with van der Waals surface area (Å²) in [5.74, 6) is -5.91. The Morgan fingerprint density at radius 3 is 2.17 bits per heavy atom. The largest absolute Gasteiger partial charge is 0.510 e. The second kappa shape index (κ2) is 6.66. The van der Waals surface area contributed by atoms with Crippen molar-refractivity contribution in [2.24, 2.45) is 0 Å². The van der Waals surface area contributed by atoms with Crippen molar-refractivity contribution in [1.82, 2.24) is 0 Å². The quantitative estimate of drug-likeness (QED) is 0.326. The fourth-order valence-electron chi connectivity index (χ4n) is 4.30. The first kappa shape index (κ1) is 21.5. The highest BCUT2D eigenvalue weighted by atomic mass is 16.7. The molecule has 30 heavy (non-hydrogen) atoms. The summed E-state index contributed by atoms with van der Waals surface area (Å²) >= 11 is 0. The lowest BCUT2D eigenvalue weighted by Crippen LogP contribution is -2.57. The van der Waals surface area contributed by atoms with Crippen LogP contribution < -0.4 is 9.47 Å². The van der Waals surface area contributed by atoms with E-state index in [-0.39, 0.29) is 28.2 Å². The maximum absolute atomic E-state index is 12.7. The van der Waals surface area contributed by atoms with Gasteiger partial charge in [0.2, 0.25) is 5.79 Å². The highest BCUT2D eigenvalue weighted by Crippen LogP contribution is 2.63. The molecule has 0 unspecified atom stereocenters. The van der Waals surface area contributed by atoms with E-state index >= 15 is 0 Å². The van der Waals surface area contributed by atoms with Crippen LogP contribution in [-0.2, 0) is 24.5 Å². The molecule has 0 saturated heterocycles. The fourth-order valence-corrected chi connectivity index (χ4v) is 4.30. The fraction of sp³-hybridized carbons (Fsp3) is 0.429. The third kappa shape index (κ3) is 2.51. The average Bonchev–Trinajstić information content (AvgIpc) is 2.88. The number of carbonyl (C=O) groups is 4. The van der Waals surface area contributed by atoms with E-state index in [1.54, 1.807) is 0 Å². The molecule has 2 atom stereocenters. The van der Waals surface area contributed by atoms with Gasteiger partial charge >= 0.3 is 5.97 Å². The van der Waals surface area contributed by atoms with Gasteiger partial charge < -0.3 is 24.4 Å². The van der Waals surface area contributed by atoms with Crippen LogP contribution in [0.1, 0.15) is 55.6 Å². The molecular weight excluding hydrogens is 396 g/mol. The van der Waals surface area contributed by atoms with E-state index in [1.165, 1.54) is 27.9 Å². The Hall–Kier alpha value is -3.20. The summed E-state index contributed by atoms with van der Waals surface area (Å²) < 4.78 is 16.8. The number of ketones is 3. The van der Waals surface area contributed by atoms with Gasteiger partial charge in [0.15, 0.2) is 17.3 Å². The summed E-state index contributed by atoms with van der Waals surface area (Å²) in [4.78, 5) is 48.9. The molecule has 1 aliphatic carbocycles. The summed E-state index contributed by atoms with van der Waals surface area (Å²) in [5, 5.41) is 21.8. The van der Waals surface area contributed by atoms with Crippen LogP contribution in [0.2, 0.25) is 0 Å². The third-order valence-corrected chi connectivity index (χ3v) is 5.80. The molecule has 2 aliphatic rings. The van der Waals surface area contributed by atoms with E-state index in [0.29, 0.717) is 0 Å². The first-order chi connectivity index (χ1) is 13.8. The van der Waals surface area contributed by atoms with Crippen molar-refractivity contribution in [2.75, 3.05) is 7.11 Å². The highest BCUT2D eigenvalue weighted by molar-refractivity contribution is 6.21. The molecule has 0 aromatic heterocycles. The Bertz CT molecular complexity index is 1060. The Morgan fingerprint density at radius 1 is 1.10 bits per heavy atom. The lowest BCUT2D eigenvalue weighted by molar-refractivity contribution is -0.199. The van der Waals surface area contributed by atoms with Crippen molar-refractivity contribution in [2.45, 2.75) is 52.2 Å². The zero-order valence-corrected chi connectivity index (χ0v) is 17.5. The summed E-state index contributed by atoms with van der Waals surface area (Å²) in [5.41, 5.74) is -2.25. The van der Waals surface area contributed by atoms with Crippen LogP contribution in [-0.4, -0.2) is 46.4 Å². The minimum Gasteiger partial charge on any atom is -0.510 e. The van der Waals surface area contributed by atoms with Crippen LogP contribution >= 0.6 is 0 Å². The molecule has 9 heteroatoms. The SMILES string of the molecule is CO[C@]12CC(=O)C(C(C)=O)=C(O)[C@@]1(C)c1c(OC(C)=O)c(C)c(O)c(C(C)=O)c1O2. The second-order valence-electron chi connectivity index (χ2n) is 7.60. The van der Waals surface area contributed by atoms with E-state index in [9.17, 15) is 29.4 Å². The minimum atomic E-state index is -1.84. The molecule has 1 aromatic rings. The molecule has 0 saturated carbocycles. The van der Waals surface area contributed by atoms with Crippen LogP contribution in [0.5, 0.6) is 17.2 Å². The van der Waals surface area contributed by atoms with Crippen LogP contribution in [0, 0.1) is 6.92 Å². The van der Waals surface area contributed by atoms with Gasteiger partial charge in [-0.25, -0.2) is 0 Å². The molecule has 1 aliphatic heterocycles. The lowest BCUT2D eigenvalue weighted by atomic mass is 9.66. The van der Waals surface area contributed by atoms with E-state index in [2.05, 4.69) is 0 Å². The van der Waals surface area contributed by atoms with Crippen molar-refractivity contribution in [3.05, 3.63) is 28.0 Å². The molecule has 9 nitrogen and oxygen atoms in total. The van der Waals surface area contributed by atoms with Crippen molar-refractivity contribution in [3.63, 3.8) is 0 Å². The predicted octanol–water partition coefficient (Wildman–Crippen LogP) is 2.20. The van der Waals surface area contributed by atoms with Gasteiger partial charge in [-0.05, 0) is 27.7 Å². The van der Waals surface area contributed by atoms with Crippen LogP contribution in [0.15, 0.2) is 11.3 Å². The number of rotatable bonds is 4. The average molecular weight is 418 g/mol. The molecule has 160 valence electrons. The van der Waals surface area contributed by atoms with Gasteiger partial charge in [-0.2, -0.15) is 0 Å². The first-order valence-electron chi connectivity index (χ1n) is 9.15. The predicted molar refractivity (Wildman–Crippen MR) is 102 cm³/mol. The maximum Gasteiger partial charge on any atom is 0.308 e. The Kier molecular flexibility index (Phi) is 4.78. The van der Waals surface area contributed by atoms with E-state index < -0.39 is 58.0 Å².